The Morgan fingerprint density at radius 1 is 1.09 bits per heavy atom. The molecule has 1 saturated heterocycles. The zero-order valence-electron chi connectivity index (χ0n) is 19.3. The van der Waals surface area contributed by atoms with E-state index < -0.39 is 17.7 Å². The summed E-state index contributed by atoms with van der Waals surface area (Å²) in [5, 5.41) is 11.3. The van der Waals surface area contributed by atoms with Crippen LogP contribution in [0, 0.1) is 6.92 Å². The lowest BCUT2D eigenvalue weighted by Crippen LogP contribution is -2.29. The van der Waals surface area contributed by atoms with Crippen LogP contribution in [0.15, 0.2) is 72.6 Å². The maximum atomic E-state index is 13.2. The summed E-state index contributed by atoms with van der Waals surface area (Å²) in [6, 6.07) is 15.2. The summed E-state index contributed by atoms with van der Waals surface area (Å²) in [5.41, 5.74) is 2.71. The molecule has 0 aliphatic carbocycles. The standard InChI is InChI=1S/C27H26N2O5/c1-4-34-20-9-7-19(8-10-20)24-23(25(30)22-12-11-21(33-3)14-17(22)2)26(31)27(32)29(24)16-18-6-5-13-28-15-18/h5-15,24,30H,4,16H2,1-3H3/b25-23+/t24-/m1/s1. The van der Waals surface area contributed by atoms with Gasteiger partial charge in [-0.2, -0.15) is 0 Å². The summed E-state index contributed by atoms with van der Waals surface area (Å²) < 4.78 is 10.8. The van der Waals surface area contributed by atoms with Crippen molar-refractivity contribution >= 4 is 17.4 Å². The first kappa shape index (κ1) is 23.0. The quantitative estimate of drug-likeness (QED) is 0.320. The van der Waals surface area contributed by atoms with E-state index in [9.17, 15) is 14.7 Å². The molecular weight excluding hydrogens is 432 g/mol. The fraction of sp³-hybridized carbons (Fsp3) is 0.222. The van der Waals surface area contributed by atoms with E-state index in [0.29, 0.717) is 29.2 Å². The molecule has 1 atom stereocenters. The fourth-order valence-corrected chi connectivity index (χ4v) is 4.16. The van der Waals surface area contributed by atoms with Crippen LogP contribution in [0.4, 0.5) is 0 Å². The molecule has 2 aromatic carbocycles. The third-order valence-corrected chi connectivity index (χ3v) is 5.81. The highest BCUT2D eigenvalue weighted by atomic mass is 16.5. The van der Waals surface area contributed by atoms with Crippen LogP contribution < -0.4 is 9.47 Å². The molecule has 0 unspecified atom stereocenters. The highest BCUT2D eigenvalue weighted by Crippen LogP contribution is 2.41. The molecule has 7 nitrogen and oxygen atoms in total. The van der Waals surface area contributed by atoms with Crippen LogP contribution in [-0.4, -0.2) is 40.4 Å². The van der Waals surface area contributed by atoms with Crippen molar-refractivity contribution in [2.75, 3.05) is 13.7 Å². The molecule has 1 amide bonds. The minimum atomic E-state index is -0.766. The number of aromatic nitrogens is 1. The Hall–Kier alpha value is -4.13. The fourth-order valence-electron chi connectivity index (χ4n) is 4.16. The second-order valence-electron chi connectivity index (χ2n) is 7.97. The first-order valence-corrected chi connectivity index (χ1v) is 11.0. The minimum Gasteiger partial charge on any atom is -0.507 e. The largest absolute Gasteiger partial charge is 0.507 e. The Morgan fingerprint density at radius 2 is 1.82 bits per heavy atom. The molecule has 1 aliphatic heterocycles. The van der Waals surface area contributed by atoms with Gasteiger partial charge in [-0.05, 0) is 66.9 Å². The molecule has 0 saturated carbocycles. The molecule has 174 valence electrons. The number of nitrogens with zero attached hydrogens (tertiary/aromatic N) is 2. The van der Waals surface area contributed by atoms with Crippen LogP contribution >= 0.6 is 0 Å². The molecule has 3 aromatic rings. The molecule has 1 N–H and O–H groups in total. The summed E-state index contributed by atoms with van der Waals surface area (Å²) in [6.07, 6.45) is 3.30. The number of hydrogen-bond donors (Lipinski definition) is 1. The van der Waals surface area contributed by atoms with E-state index >= 15 is 0 Å². The highest BCUT2D eigenvalue weighted by molar-refractivity contribution is 6.46. The second-order valence-corrected chi connectivity index (χ2v) is 7.97. The molecule has 0 radical (unpaired) electrons. The van der Waals surface area contributed by atoms with Gasteiger partial charge in [-0.15, -0.1) is 0 Å². The number of likely N-dealkylation sites (tertiary alicyclic amines) is 1. The van der Waals surface area contributed by atoms with Crippen LogP contribution in [0.1, 0.15) is 35.2 Å². The second kappa shape index (κ2) is 9.79. The van der Waals surface area contributed by atoms with Crippen LogP contribution in [0.25, 0.3) is 5.76 Å². The molecule has 2 heterocycles. The van der Waals surface area contributed by atoms with Crippen molar-refractivity contribution in [3.05, 3.63) is 94.8 Å². The minimum absolute atomic E-state index is 0.0475. The van der Waals surface area contributed by atoms with Gasteiger partial charge in [0.2, 0.25) is 0 Å². The van der Waals surface area contributed by atoms with Gasteiger partial charge in [-0.25, -0.2) is 0 Å². The molecule has 34 heavy (non-hydrogen) atoms. The Labute approximate surface area is 198 Å². The maximum Gasteiger partial charge on any atom is 0.295 e. The van der Waals surface area contributed by atoms with E-state index in [0.717, 1.165) is 11.1 Å². The maximum absolute atomic E-state index is 13.2. The van der Waals surface area contributed by atoms with Gasteiger partial charge in [0.15, 0.2) is 0 Å². The van der Waals surface area contributed by atoms with Gasteiger partial charge in [0, 0.05) is 24.5 Å². The lowest BCUT2D eigenvalue weighted by Gasteiger charge is -2.25. The van der Waals surface area contributed by atoms with Gasteiger partial charge in [0.25, 0.3) is 11.7 Å². The number of aryl methyl sites for hydroxylation is 1. The predicted octanol–water partition coefficient (Wildman–Crippen LogP) is 4.42. The first-order valence-electron chi connectivity index (χ1n) is 11.0. The van der Waals surface area contributed by atoms with Gasteiger partial charge in [0.05, 0.1) is 25.3 Å². The number of benzene rings is 2. The number of ketones is 1. The zero-order chi connectivity index (χ0) is 24.2. The summed E-state index contributed by atoms with van der Waals surface area (Å²) >= 11 is 0. The number of aliphatic hydroxyl groups is 1. The Bertz CT molecular complexity index is 1240. The SMILES string of the molecule is CCOc1ccc([C@@H]2/C(=C(\O)c3ccc(OC)cc3C)C(=O)C(=O)N2Cc2cccnc2)cc1. The number of aliphatic hydroxyl groups excluding tert-OH is 1. The third kappa shape index (κ3) is 4.37. The molecule has 1 fully saturated rings. The van der Waals surface area contributed by atoms with Gasteiger partial charge in [-0.1, -0.05) is 18.2 Å². The van der Waals surface area contributed by atoms with Crippen LogP contribution in [0.5, 0.6) is 11.5 Å². The van der Waals surface area contributed by atoms with Crippen molar-refractivity contribution in [3.63, 3.8) is 0 Å². The lowest BCUT2D eigenvalue weighted by molar-refractivity contribution is -0.140. The number of amides is 1. The number of carbonyl (C=O) groups excluding carboxylic acids is 2. The molecule has 7 heteroatoms. The van der Waals surface area contributed by atoms with Crippen LogP contribution in [-0.2, 0) is 16.1 Å². The number of ether oxygens (including phenoxy) is 2. The van der Waals surface area contributed by atoms with Crippen molar-refractivity contribution < 1.29 is 24.2 Å². The van der Waals surface area contributed by atoms with Gasteiger partial charge < -0.3 is 19.5 Å². The molecule has 0 spiro atoms. The van der Waals surface area contributed by atoms with E-state index in [2.05, 4.69) is 4.98 Å². The van der Waals surface area contributed by atoms with Crippen LogP contribution in [0.2, 0.25) is 0 Å². The van der Waals surface area contributed by atoms with Crippen molar-refractivity contribution in [3.8, 4) is 11.5 Å². The topological polar surface area (TPSA) is 89.0 Å². The number of carbonyl (C=O) groups is 2. The summed E-state index contributed by atoms with van der Waals surface area (Å²) in [5.74, 6) is -0.298. The Balaban J connectivity index is 1.85. The normalized spacial score (nSPS) is 17.1. The lowest BCUT2D eigenvalue weighted by atomic mass is 9.93. The number of methoxy groups -OCH3 is 1. The monoisotopic (exact) mass is 458 g/mol. The van der Waals surface area contributed by atoms with Crippen molar-refractivity contribution in [1.29, 1.82) is 0 Å². The molecule has 1 aliphatic rings. The predicted molar refractivity (Wildman–Crippen MR) is 127 cm³/mol. The molecule has 0 bridgehead atoms. The van der Waals surface area contributed by atoms with E-state index in [1.807, 2.05) is 32.0 Å². The van der Waals surface area contributed by atoms with Crippen molar-refractivity contribution in [1.82, 2.24) is 9.88 Å². The van der Waals surface area contributed by atoms with Gasteiger partial charge >= 0.3 is 0 Å². The summed E-state index contributed by atoms with van der Waals surface area (Å²) in [7, 11) is 1.56. The van der Waals surface area contributed by atoms with E-state index in [1.54, 1.807) is 55.9 Å². The van der Waals surface area contributed by atoms with Gasteiger partial charge in [0.1, 0.15) is 17.3 Å². The third-order valence-electron chi connectivity index (χ3n) is 5.81. The zero-order valence-corrected chi connectivity index (χ0v) is 19.3. The molecule has 4 rings (SSSR count). The Morgan fingerprint density at radius 3 is 2.44 bits per heavy atom. The summed E-state index contributed by atoms with van der Waals surface area (Å²) in [6.45, 7) is 4.41. The molecular formula is C27H26N2O5. The van der Waals surface area contributed by atoms with E-state index in [1.165, 1.54) is 4.90 Å². The number of pyridine rings is 1. The average Bonchev–Trinajstić information content (AvgIpc) is 3.10. The van der Waals surface area contributed by atoms with E-state index in [-0.39, 0.29) is 17.9 Å². The van der Waals surface area contributed by atoms with E-state index in [4.69, 9.17) is 9.47 Å². The summed E-state index contributed by atoms with van der Waals surface area (Å²) in [4.78, 5) is 32.0. The van der Waals surface area contributed by atoms with Crippen molar-refractivity contribution in [2.24, 2.45) is 0 Å². The smallest absolute Gasteiger partial charge is 0.295 e. The number of hydrogen-bond acceptors (Lipinski definition) is 6. The van der Waals surface area contributed by atoms with Crippen molar-refractivity contribution in [2.45, 2.75) is 26.4 Å². The average molecular weight is 459 g/mol. The van der Waals surface area contributed by atoms with Crippen LogP contribution in [0.3, 0.4) is 0 Å². The Kier molecular flexibility index (Phi) is 6.63. The number of Topliss-reactive ketones (excluding diaryl/α,β-unsaturated/α-hetero) is 1. The first-order chi connectivity index (χ1) is 16.4. The molecule has 1 aromatic heterocycles. The van der Waals surface area contributed by atoms with Gasteiger partial charge in [-0.3, -0.25) is 14.6 Å². The highest BCUT2D eigenvalue weighted by Gasteiger charge is 2.46. The number of rotatable bonds is 7.